The number of fused-ring (bicyclic) bond motifs is 2. The van der Waals surface area contributed by atoms with Gasteiger partial charge in [0.15, 0.2) is 0 Å². The van der Waals surface area contributed by atoms with Gasteiger partial charge in [-0.25, -0.2) is 4.79 Å². The molecule has 0 unspecified atom stereocenters. The molecule has 118 valence electrons. The van der Waals surface area contributed by atoms with Crippen LogP contribution in [0.3, 0.4) is 0 Å². The number of amidine groups is 1. The zero-order valence-corrected chi connectivity index (χ0v) is 11.5. The lowest BCUT2D eigenvalue weighted by Gasteiger charge is -2.30. The van der Waals surface area contributed by atoms with Crippen molar-refractivity contribution < 1.29 is 31.9 Å². The van der Waals surface area contributed by atoms with Gasteiger partial charge < -0.3 is 15.3 Å². The Morgan fingerprint density at radius 2 is 2.14 bits per heavy atom. The predicted octanol–water partition coefficient (Wildman–Crippen LogP) is -1.36. The van der Waals surface area contributed by atoms with Crippen molar-refractivity contribution in [2.75, 3.05) is 13.1 Å². The van der Waals surface area contributed by atoms with Gasteiger partial charge in [0.05, 0.1) is 12.1 Å². The van der Waals surface area contributed by atoms with Crippen molar-refractivity contribution in [2.45, 2.75) is 24.9 Å². The van der Waals surface area contributed by atoms with Crippen molar-refractivity contribution in [1.29, 1.82) is 5.41 Å². The second-order valence-electron chi connectivity index (χ2n) is 4.67. The predicted molar refractivity (Wildman–Crippen MR) is 66.7 cm³/mol. The molecule has 12 heteroatoms. The lowest BCUT2D eigenvalue weighted by Crippen LogP contribution is -2.50. The van der Waals surface area contributed by atoms with Crippen LogP contribution in [0.4, 0.5) is 4.79 Å². The Morgan fingerprint density at radius 1 is 1.48 bits per heavy atom. The highest BCUT2D eigenvalue weighted by molar-refractivity contribution is 7.80. The fourth-order valence-electron chi connectivity index (χ4n) is 2.42. The fourth-order valence-corrected chi connectivity index (χ4v) is 2.81. The average Bonchev–Trinajstić information content (AvgIpc) is 2.60. The summed E-state index contributed by atoms with van der Waals surface area (Å²) in [6.07, 6.45) is 0.715. The highest BCUT2D eigenvalue weighted by Crippen LogP contribution is 2.30. The van der Waals surface area contributed by atoms with Gasteiger partial charge in [0.1, 0.15) is 12.4 Å². The van der Waals surface area contributed by atoms with Gasteiger partial charge in [-0.05, 0) is 12.8 Å². The number of nitrogens with zero attached hydrogens (tertiary/aromatic N) is 2. The van der Waals surface area contributed by atoms with E-state index in [1.54, 1.807) is 0 Å². The van der Waals surface area contributed by atoms with Crippen LogP contribution in [0, 0.1) is 5.41 Å². The zero-order chi connectivity index (χ0) is 15.8. The van der Waals surface area contributed by atoms with E-state index in [1.165, 1.54) is 4.90 Å². The number of urea groups is 1. The molecule has 0 aliphatic carbocycles. The summed E-state index contributed by atoms with van der Waals surface area (Å²) in [5, 5.41) is 19.3. The first-order valence-corrected chi connectivity index (χ1v) is 7.36. The number of hydrogen-bond donors (Lipinski definition) is 4. The van der Waals surface area contributed by atoms with E-state index in [1.807, 2.05) is 0 Å². The van der Waals surface area contributed by atoms with Crippen LogP contribution in [-0.4, -0.2) is 71.0 Å². The van der Waals surface area contributed by atoms with Crippen LogP contribution in [0.15, 0.2) is 0 Å². The van der Waals surface area contributed by atoms with Crippen LogP contribution >= 0.6 is 0 Å². The number of hydrogen-bond acceptors (Lipinski definition) is 6. The molecule has 0 radical (unpaired) electrons. The van der Waals surface area contributed by atoms with Gasteiger partial charge >= 0.3 is 22.4 Å². The summed E-state index contributed by atoms with van der Waals surface area (Å²) >= 11 is 0. The van der Waals surface area contributed by atoms with E-state index in [2.05, 4.69) is 9.60 Å². The summed E-state index contributed by atoms with van der Waals surface area (Å²) in [5.74, 6) is -1.28. The van der Waals surface area contributed by atoms with E-state index in [-0.39, 0.29) is 12.4 Å². The normalized spacial score (nSPS) is 25.1. The maximum atomic E-state index is 12.0. The molecule has 2 fully saturated rings. The summed E-state index contributed by atoms with van der Waals surface area (Å²) in [6.45, 7) is -0.317. The second-order valence-corrected chi connectivity index (χ2v) is 5.68. The lowest BCUT2D eigenvalue weighted by molar-refractivity contribution is -0.135. The second kappa shape index (κ2) is 5.46. The summed E-state index contributed by atoms with van der Waals surface area (Å²) < 4.78 is 34.3. The maximum absolute atomic E-state index is 12.0. The number of piperidine rings is 1. The van der Waals surface area contributed by atoms with Gasteiger partial charge in [-0.2, -0.15) is 13.5 Å². The molecular weight excluding hydrogens is 308 g/mol. The van der Waals surface area contributed by atoms with Crippen LogP contribution in [0.5, 0.6) is 0 Å². The minimum atomic E-state index is -4.81. The Morgan fingerprint density at radius 3 is 2.71 bits per heavy atom. The lowest BCUT2D eigenvalue weighted by atomic mass is 10.00. The van der Waals surface area contributed by atoms with Gasteiger partial charge in [0, 0.05) is 6.54 Å². The van der Waals surface area contributed by atoms with Crippen LogP contribution in [0.2, 0.25) is 0 Å². The van der Waals surface area contributed by atoms with Crippen LogP contribution in [-0.2, 0) is 19.5 Å². The third kappa shape index (κ3) is 3.40. The third-order valence-corrected chi connectivity index (χ3v) is 3.61. The van der Waals surface area contributed by atoms with Gasteiger partial charge in [-0.1, -0.05) is 0 Å². The minimum absolute atomic E-state index is 0.135. The molecule has 2 bridgehead atoms. The molecule has 4 N–H and O–H groups in total. The number of carboxylic acids is 1. The minimum Gasteiger partial charge on any atom is -0.480 e. The Hall–Kier alpha value is -1.92. The highest BCUT2D eigenvalue weighted by Gasteiger charge is 2.48. The van der Waals surface area contributed by atoms with E-state index >= 15 is 0 Å². The van der Waals surface area contributed by atoms with Crippen LogP contribution in [0.25, 0.3) is 0 Å². The summed E-state index contributed by atoms with van der Waals surface area (Å²) in [5.41, 5.74) is 0. The molecule has 2 atom stereocenters. The van der Waals surface area contributed by atoms with Gasteiger partial charge in [0.25, 0.3) is 0 Å². The first-order chi connectivity index (χ1) is 9.69. The molecular formula is C9H14N4O7S. The fraction of sp³-hybridized carbons (Fsp3) is 0.667. The molecule has 0 aromatic heterocycles. The van der Waals surface area contributed by atoms with Crippen molar-refractivity contribution in [1.82, 2.24) is 15.3 Å². The molecule has 2 amide bonds. The summed E-state index contributed by atoms with van der Waals surface area (Å²) in [7, 11) is -4.81. The third-order valence-electron chi connectivity index (χ3n) is 3.26. The molecule has 2 aliphatic heterocycles. The molecule has 0 aromatic rings. The van der Waals surface area contributed by atoms with Crippen molar-refractivity contribution >= 4 is 28.2 Å². The molecule has 2 heterocycles. The first-order valence-electron chi connectivity index (χ1n) is 6.00. The molecule has 0 aromatic carbocycles. The highest BCUT2D eigenvalue weighted by atomic mass is 32.3. The number of nitrogens with one attached hydrogen (secondary N) is 2. The van der Waals surface area contributed by atoms with Gasteiger partial charge in [0.2, 0.25) is 0 Å². The van der Waals surface area contributed by atoms with Crippen molar-refractivity contribution in [3.63, 3.8) is 0 Å². The van der Waals surface area contributed by atoms with E-state index in [0.29, 0.717) is 17.9 Å². The molecule has 2 aliphatic rings. The quantitative estimate of drug-likeness (QED) is 0.274. The number of carbonyl (C=O) groups excluding carboxylic acids is 1. The smallest absolute Gasteiger partial charge is 0.418 e. The summed E-state index contributed by atoms with van der Waals surface area (Å²) in [6, 6.07) is -2.01. The number of carbonyl (C=O) groups is 2. The number of aliphatic carboxylic acids is 1. The van der Waals surface area contributed by atoms with Crippen LogP contribution < -0.4 is 5.32 Å². The first kappa shape index (κ1) is 15.5. The van der Waals surface area contributed by atoms with Crippen molar-refractivity contribution in [3.05, 3.63) is 0 Å². The van der Waals surface area contributed by atoms with Gasteiger partial charge in [-0.15, -0.1) is 4.28 Å². The Bertz CT molecular complexity index is 577. The van der Waals surface area contributed by atoms with Crippen LogP contribution in [0.1, 0.15) is 12.8 Å². The molecule has 2 saturated heterocycles. The molecule has 21 heavy (non-hydrogen) atoms. The van der Waals surface area contributed by atoms with E-state index in [9.17, 15) is 18.0 Å². The topological polar surface area (TPSA) is 160 Å². The Labute approximate surface area is 119 Å². The number of rotatable bonds is 5. The maximum Gasteiger partial charge on any atom is 0.418 e. The number of hydroxylamine groups is 2. The molecule has 2 rings (SSSR count). The Balaban J connectivity index is 2.06. The SMILES string of the molecule is N=C(NCC(=O)O)[C@@H]1CC[C@@H]2CN1C(=O)N2OS(=O)(=O)O. The van der Waals surface area contributed by atoms with Crippen molar-refractivity contribution in [2.24, 2.45) is 0 Å². The molecule has 0 spiro atoms. The molecule has 11 nitrogen and oxygen atoms in total. The number of carboxylic acid groups (broad SMARTS) is 1. The van der Waals surface area contributed by atoms with E-state index in [0.717, 1.165) is 0 Å². The van der Waals surface area contributed by atoms with Gasteiger partial charge in [-0.3, -0.25) is 14.8 Å². The number of amides is 2. The van der Waals surface area contributed by atoms with Crippen molar-refractivity contribution in [3.8, 4) is 0 Å². The van der Waals surface area contributed by atoms with E-state index in [4.69, 9.17) is 15.1 Å². The molecule has 0 saturated carbocycles. The van der Waals surface area contributed by atoms with E-state index < -0.39 is 41.0 Å². The zero-order valence-electron chi connectivity index (χ0n) is 10.7. The standard InChI is InChI=1S/C9H14N4O7S/c10-8(11-3-7(14)15)6-2-1-5-4-12(6)9(16)13(5)20-21(17,18)19/h5-6H,1-4H2,(H2,10,11)(H,14,15)(H,17,18,19)/t5-,6+/m1/s1. The average molecular weight is 322 g/mol. The Kier molecular flexibility index (Phi) is 4.02. The largest absolute Gasteiger partial charge is 0.480 e. The monoisotopic (exact) mass is 322 g/mol. The summed E-state index contributed by atoms with van der Waals surface area (Å²) in [4.78, 5) is 23.7.